The second kappa shape index (κ2) is 9.17. The summed E-state index contributed by atoms with van der Waals surface area (Å²) < 4.78 is 9.99. The Morgan fingerprint density at radius 1 is 1.29 bits per heavy atom. The van der Waals surface area contributed by atoms with E-state index in [4.69, 9.17) is 21.1 Å². The summed E-state index contributed by atoms with van der Waals surface area (Å²) in [7, 11) is 1.56. The van der Waals surface area contributed by atoms with E-state index in [1.54, 1.807) is 37.7 Å². The molecule has 8 heteroatoms. The Bertz CT molecular complexity index is 677. The van der Waals surface area contributed by atoms with Crippen LogP contribution in [0.25, 0.3) is 0 Å². The summed E-state index contributed by atoms with van der Waals surface area (Å²) in [5.74, 6) is 0.148. The van der Waals surface area contributed by atoms with E-state index in [0.717, 1.165) is 5.56 Å². The van der Waals surface area contributed by atoms with Crippen LogP contribution in [0.4, 0.5) is 11.5 Å². The molecule has 2 N–H and O–H groups in total. The normalized spacial score (nSPS) is 10.5. The molecule has 0 atom stereocenters. The number of hydrogen-bond donors (Lipinski definition) is 2. The molecule has 0 saturated carbocycles. The van der Waals surface area contributed by atoms with Crippen LogP contribution >= 0.6 is 11.6 Å². The number of carbonyl (C=O) groups excluding carboxylic acids is 1. The van der Waals surface area contributed by atoms with Gasteiger partial charge in [-0.25, -0.2) is 9.97 Å². The fourth-order valence-electron chi connectivity index (χ4n) is 1.97. The molecule has 128 valence electrons. The van der Waals surface area contributed by atoms with Gasteiger partial charge in [-0.05, 0) is 30.7 Å². The molecule has 2 aromatic rings. The molecule has 0 bridgehead atoms. The van der Waals surface area contributed by atoms with Gasteiger partial charge in [-0.15, -0.1) is 0 Å². The number of rotatable bonds is 8. The average molecular weight is 351 g/mol. The summed E-state index contributed by atoms with van der Waals surface area (Å²) in [6.07, 6.45) is 3.20. The fourth-order valence-corrected chi connectivity index (χ4v) is 2.22. The standard InChI is InChI=1S/C16H19ClN4O3/c1-11-5-7-18-14(17)13(11)21-16(22)12-4-3-6-19-15(12)20-8-9-24-10-23-2/h3-7H,8-10H2,1-2H3,(H,19,20)(H,21,22). The largest absolute Gasteiger partial charge is 0.367 e. The van der Waals surface area contributed by atoms with Crippen LogP contribution in [0, 0.1) is 6.92 Å². The number of ether oxygens (including phenoxy) is 2. The van der Waals surface area contributed by atoms with Crippen molar-refractivity contribution in [1.82, 2.24) is 9.97 Å². The van der Waals surface area contributed by atoms with Crippen molar-refractivity contribution in [3.8, 4) is 0 Å². The monoisotopic (exact) mass is 350 g/mol. The third-order valence-electron chi connectivity index (χ3n) is 3.14. The number of carbonyl (C=O) groups is 1. The molecule has 0 aliphatic carbocycles. The molecular formula is C16H19ClN4O3. The number of nitrogens with zero attached hydrogens (tertiary/aromatic N) is 2. The van der Waals surface area contributed by atoms with Crippen LogP contribution in [-0.4, -0.2) is 42.9 Å². The van der Waals surface area contributed by atoms with Gasteiger partial charge in [0, 0.05) is 26.0 Å². The van der Waals surface area contributed by atoms with Gasteiger partial charge in [0.2, 0.25) is 0 Å². The van der Waals surface area contributed by atoms with Gasteiger partial charge in [0.25, 0.3) is 5.91 Å². The zero-order valence-electron chi connectivity index (χ0n) is 13.5. The maximum Gasteiger partial charge on any atom is 0.259 e. The average Bonchev–Trinajstić information content (AvgIpc) is 2.58. The minimum atomic E-state index is -0.318. The minimum absolute atomic E-state index is 0.218. The molecule has 2 heterocycles. The molecule has 0 aliphatic heterocycles. The molecule has 2 rings (SSSR count). The molecule has 0 spiro atoms. The van der Waals surface area contributed by atoms with E-state index in [2.05, 4.69) is 20.6 Å². The number of methoxy groups -OCH3 is 1. The van der Waals surface area contributed by atoms with Gasteiger partial charge in [-0.1, -0.05) is 11.6 Å². The number of nitrogens with one attached hydrogen (secondary N) is 2. The molecule has 2 aromatic heterocycles. The van der Waals surface area contributed by atoms with E-state index >= 15 is 0 Å². The first-order valence-corrected chi connectivity index (χ1v) is 7.69. The molecule has 1 amide bonds. The maximum absolute atomic E-state index is 12.5. The van der Waals surface area contributed by atoms with E-state index in [-0.39, 0.29) is 17.9 Å². The van der Waals surface area contributed by atoms with Crippen molar-refractivity contribution >= 4 is 29.0 Å². The Morgan fingerprint density at radius 3 is 2.88 bits per heavy atom. The predicted octanol–water partition coefficient (Wildman–Crippen LogP) is 2.72. The Hall–Kier alpha value is -2.22. The SMILES string of the molecule is COCOCCNc1ncccc1C(=O)Nc1c(C)ccnc1Cl. The summed E-state index contributed by atoms with van der Waals surface area (Å²) in [6.45, 7) is 2.99. The molecule has 0 saturated heterocycles. The van der Waals surface area contributed by atoms with E-state index in [1.807, 2.05) is 6.92 Å². The lowest BCUT2D eigenvalue weighted by Crippen LogP contribution is -2.18. The Labute approximate surface area is 145 Å². The number of amides is 1. The number of aromatic nitrogens is 2. The zero-order chi connectivity index (χ0) is 17.4. The maximum atomic E-state index is 12.5. The van der Waals surface area contributed by atoms with E-state index in [0.29, 0.717) is 30.2 Å². The van der Waals surface area contributed by atoms with Crippen molar-refractivity contribution in [2.24, 2.45) is 0 Å². The van der Waals surface area contributed by atoms with E-state index in [9.17, 15) is 4.79 Å². The second-order valence-corrected chi connectivity index (χ2v) is 5.25. The summed E-state index contributed by atoms with van der Waals surface area (Å²) in [5.41, 5.74) is 1.72. The quantitative estimate of drug-likeness (QED) is 0.432. The highest BCUT2D eigenvalue weighted by Gasteiger charge is 2.15. The number of aryl methyl sites for hydroxylation is 1. The van der Waals surface area contributed by atoms with E-state index < -0.39 is 0 Å². The van der Waals surface area contributed by atoms with Gasteiger partial charge in [0.15, 0.2) is 5.15 Å². The Balaban J connectivity index is 2.07. The van der Waals surface area contributed by atoms with Crippen molar-refractivity contribution in [3.05, 3.63) is 46.9 Å². The summed E-state index contributed by atoms with van der Waals surface area (Å²) >= 11 is 6.05. The fraction of sp³-hybridized carbons (Fsp3) is 0.312. The first-order valence-electron chi connectivity index (χ1n) is 7.31. The third-order valence-corrected chi connectivity index (χ3v) is 3.43. The van der Waals surface area contributed by atoms with Gasteiger partial charge in [-0.3, -0.25) is 4.79 Å². The van der Waals surface area contributed by atoms with Crippen molar-refractivity contribution in [2.75, 3.05) is 37.7 Å². The topological polar surface area (TPSA) is 85.4 Å². The van der Waals surface area contributed by atoms with Crippen LogP contribution in [-0.2, 0) is 9.47 Å². The molecule has 0 unspecified atom stereocenters. The molecule has 0 fully saturated rings. The summed E-state index contributed by atoms with van der Waals surface area (Å²) in [6, 6.07) is 5.15. The molecule has 0 aliphatic rings. The summed E-state index contributed by atoms with van der Waals surface area (Å²) in [4.78, 5) is 20.7. The third kappa shape index (κ3) is 4.89. The lowest BCUT2D eigenvalue weighted by molar-refractivity contribution is -0.0262. The second-order valence-electron chi connectivity index (χ2n) is 4.89. The Morgan fingerprint density at radius 2 is 2.12 bits per heavy atom. The van der Waals surface area contributed by atoms with Crippen LogP contribution in [0.1, 0.15) is 15.9 Å². The van der Waals surface area contributed by atoms with Crippen LogP contribution in [0.5, 0.6) is 0 Å². The first-order chi connectivity index (χ1) is 11.6. The first kappa shape index (κ1) is 18.1. The number of hydrogen-bond acceptors (Lipinski definition) is 6. The van der Waals surface area contributed by atoms with Crippen molar-refractivity contribution in [3.63, 3.8) is 0 Å². The van der Waals surface area contributed by atoms with Crippen LogP contribution in [0.3, 0.4) is 0 Å². The molecule has 7 nitrogen and oxygen atoms in total. The lowest BCUT2D eigenvalue weighted by Gasteiger charge is -2.13. The van der Waals surface area contributed by atoms with Gasteiger partial charge in [0.1, 0.15) is 12.6 Å². The van der Waals surface area contributed by atoms with Crippen LogP contribution < -0.4 is 10.6 Å². The minimum Gasteiger partial charge on any atom is -0.367 e. The zero-order valence-corrected chi connectivity index (χ0v) is 14.3. The lowest BCUT2D eigenvalue weighted by atomic mass is 10.2. The smallest absolute Gasteiger partial charge is 0.259 e. The van der Waals surface area contributed by atoms with Crippen molar-refractivity contribution < 1.29 is 14.3 Å². The molecular weight excluding hydrogens is 332 g/mol. The highest BCUT2D eigenvalue weighted by Crippen LogP contribution is 2.24. The highest BCUT2D eigenvalue weighted by atomic mass is 35.5. The number of anilines is 2. The predicted molar refractivity (Wildman–Crippen MR) is 92.5 cm³/mol. The van der Waals surface area contributed by atoms with Gasteiger partial charge in [0.05, 0.1) is 17.9 Å². The van der Waals surface area contributed by atoms with Gasteiger partial charge in [-0.2, -0.15) is 0 Å². The molecule has 24 heavy (non-hydrogen) atoms. The molecule has 0 radical (unpaired) electrons. The number of halogens is 1. The number of pyridine rings is 2. The van der Waals surface area contributed by atoms with Crippen LogP contribution in [0.15, 0.2) is 30.6 Å². The van der Waals surface area contributed by atoms with Crippen molar-refractivity contribution in [1.29, 1.82) is 0 Å². The molecule has 0 aromatic carbocycles. The van der Waals surface area contributed by atoms with Crippen molar-refractivity contribution in [2.45, 2.75) is 6.92 Å². The van der Waals surface area contributed by atoms with E-state index in [1.165, 1.54) is 0 Å². The van der Waals surface area contributed by atoms with Crippen LogP contribution in [0.2, 0.25) is 5.15 Å². The highest BCUT2D eigenvalue weighted by molar-refractivity contribution is 6.33. The van der Waals surface area contributed by atoms with Gasteiger partial charge >= 0.3 is 0 Å². The van der Waals surface area contributed by atoms with Gasteiger partial charge < -0.3 is 20.1 Å². The Kier molecular flexibility index (Phi) is 6.92. The summed E-state index contributed by atoms with van der Waals surface area (Å²) in [5, 5.41) is 6.09.